The number of nitrogens with zero attached hydrogens (tertiary/aromatic N) is 1. The number of nitro benzene ring substituents is 1. The first-order chi connectivity index (χ1) is 14.3. The van der Waals surface area contributed by atoms with E-state index in [0.717, 1.165) is 35.6 Å². The fourth-order valence-corrected chi connectivity index (χ4v) is 3.73. The number of esters is 1. The second kappa shape index (κ2) is 10.7. The molecule has 0 bridgehead atoms. The van der Waals surface area contributed by atoms with E-state index >= 15 is 0 Å². The van der Waals surface area contributed by atoms with Crippen molar-refractivity contribution in [1.82, 2.24) is 0 Å². The summed E-state index contributed by atoms with van der Waals surface area (Å²) >= 11 is 0. The molecule has 0 amide bonds. The maximum Gasteiger partial charge on any atom is 0.336 e. The highest BCUT2D eigenvalue weighted by Gasteiger charge is 2.28. The molecule has 2 aromatic carbocycles. The number of methoxy groups -OCH3 is 1. The molecule has 0 heterocycles. The van der Waals surface area contributed by atoms with Crippen molar-refractivity contribution in [3.8, 4) is 5.75 Å². The lowest BCUT2D eigenvalue weighted by Crippen LogP contribution is -2.29. The largest absolute Gasteiger partial charge is 0.497 e. The molecule has 0 fully saturated rings. The molecule has 30 heavy (non-hydrogen) atoms. The third kappa shape index (κ3) is 6.53. The van der Waals surface area contributed by atoms with E-state index in [1.807, 2.05) is 24.3 Å². The molecule has 0 N–H and O–H groups in total. The predicted octanol–water partition coefficient (Wildman–Crippen LogP) is 3.26. The molecule has 2 aromatic rings. The standard InChI is InChI=1S/C20H23NO8S/c1-3-28-20(22)19(6-4-5-15-7-11-17(27-2)12-8-15)29-30(25,26)18-13-9-16(10-14-18)21(23)24/h7-14,19H,3-6H2,1-2H3/t19-/m1/s1. The number of carbonyl (C=O) groups excluding carboxylic acids is 1. The number of hydrogen-bond acceptors (Lipinski definition) is 8. The van der Waals surface area contributed by atoms with Crippen LogP contribution in [0.5, 0.6) is 5.75 Å². The van der Waals surface area contributed by atoms with E-state index in [4.69, 9.17) is 13.7 Å². The molecule has 0 aromatic heterocycles. The van der Waals surface area contributed by atoms with Gasteiger partial charge in [0.25, 0.3) is 15.8 Å². The summed E-state index contributed by atoms with van der Waals surface area (Å²) in [5, 5.41) is 10.7. The van der Waals surface area contributed by atoms with E-state index in [-0.39, 0.29) is 23.6 Å². The van der Waals surface area contributed by atoms with E-state index in [1.165, 1.54) is 0 Å². The number of benzene rings is 2. The molecule has 0 aliphatic rings. The summed E-state index contributed by atoms with van der Waals surface area (Å²) in [6.07, 6.45) is -0.118. The summed E-state index contributed by atoms with van der Waals surface area (Å²) in [6, 6.07) is 11.6. The lowest BCUT2D eigenvalue weighted by atomic mass is 10.1. The lowest BCUT2D eigenvalue weighted by molar-refractivity contribution is -0.384. The summed E-state index contributed by atoms with van der Waals surface area (Å²) in [7, 11) is -2.74. The minimum atomic E-state index is -4.31. The quantitative estimate of drug-likeness (QED) is 0.227. The average Bonchev–Trinajstić information content (AvgIpc) is 2.73. The minimum absolute atomic E-state index is 0.0781. The van der Waals surface area contributed by atoms with Crippen molar-refractivity contribution < 1.29 is 31.8 Å². The van der Waals surface area contributed by atoms with E-state index < -0.39 is 27.1 Å². The molecule has 0 radical (unpaired) electrons. The monoisotopic (exact) mass is 437 g/mol. The maximum absolute atomic E-state index is 12.5. The zero-order chi connectivity index (χ0) is 22.1. The Hall–Kier alpha value is -2.98. The van der Waals surface area contributed by atoms with Crippen LogP contribution in [0.3, 0.4) is 0 Å². The zero-order valence-electron chi connectivity index (χ0n) is 16.6. The van der Waals surface area contributed by atoms with Crippen LogP contribution in [0, 0.1) is 10.1 Å². The van der Waals surface area contributed by atoms with Crippen molar-refractivity contribution in [3.63, 3.8) is 0 Å². The van der Waals surface area contributed by atoms with Gasteiger partial charge in [-0.1, -0.05) is 12.1 Å². The van der Waals surface area contributed by atoms with Crippen molar-refractivity contribution in [1.29, 1.82) is 0 Å². The summed E-state index contributed by atoms with van der Waals surface area (Å²) in [4.78, 5) is 22.0. The number of hydrogen-bond donors (Lipinski definition) is 0. The van der Waals surface area contributed by atoms with Crippen molar-refractivity contribution in [2.45, 2.75) is 37.2 Å². The molecule has 0 aliphatic carbocycles. The first-order valence-electron chi connectivity index (χ1n) is 9.24. The van der Waals surface area contributed by atoms with Crippen LogP contribution in [-0.4, -0.2) is 39.1 Å². The van der Waals surface area contributed by atoms with E-state index in [1.54, 1.807) is 14.0 Å². The van der Waals surface area contributed by atoms with Gasteiger partial charge in [0.2, 0.25) is 0 Å². The van der Waals surface area contributed by atoms with Gasteiger partial charge in [0.15, 0.2) is 6.10 Å². The van der Waals surface area contributed by atoms with Gasteiger partial charge in [-0.3, -0.25) is 14.3 Å². The summed E-state index contributed by atoms with van der Waals surface area (Å²) in [5.74, 6) is -0.0570. The Kier molecular flexibility index (Phi) is 8.31. The Balaban J connectivity index is 2.07. The maximum atomic E-state index is 12.5. The molecule has 9 nitrogen and oxygen atoms in total. The molecule has 2 rings (SSSR count). The van der Waals surface area contributed by atoms with Crippen LogP contribution in [-0.2, 0) is 30.3 Å². The van der Waals surface area contributed by atoms with Crippen molar-refractivity contribution in [2.75, 3.05) is 13.7 Å². The van der Waals surface area contributed by atoms with Crippen LogP contribution < -0.4 is 4.74 Å². The summed E-state index contributed by atoms with van der Waals surface area (Å²) < 4.78 is 40.2. The number of ether oxygens (including phenoxy) is 2. The van der Waals surface area contributed by atoms with Gasteiger partial charge in [-0.15, -0.1) is 0 Å². The van der Waals surface area contributed by atoms with Crippen LogP contribution in [0.4, 0.5) is 5.69 Å². The van der Waals surface area contributed by atoms with Gasteiger partial charge >= 0.3 is 5.97 Å². The Morgan fingerprint density at radius 1 is 1.10 bits per heavy atom. The first-order valence-corrected chi connectivity index (χ1v) is 10.6. The number of non-ortho nitro benzene ring substituents is 1. The summed E-state index contributed by atoms with van der Waals surface area (Å²) in [5.41, 5.74) is 0.743. The molecule has 162 valence electrons. The Morgan fingerprint density at radius 2 is 1.73 bits per heavy atom. The highest BCUT2D eigenvalue weighted by atomic mass is 32.2. The molecule has 0 saturated heterocycles. The Labute approximate surface area is 174 Å². The van der Waals surface area contributed by atoms with Gasteiger partial charge in [-0.2, -0.15) is 8.42 Å². The van der Waals surface area contributed by atoms with Crippen LogP contribution >= 0.6 is 0 Å². The number of carbonyl (C=O) groups is 1. The van der Waals surface area contributed by atoms with Crippen molar-refractivity contribution in [2.24, 2.45) is 0 Å². The van der Waals surface area contributed by atoms with Gasteiger partial charge in [0, 0.05) is 12.1 Å². The smallest absolute Gasteiger partial charge is 0.336 e. The Bertz CT molecular complexity index is 955. The van der Waals surface area contributed by atoms with Gasteiger partial charge in [0.1, 0.15) is 5.75 Å². The molecule has 0 aliphatic heterocycles. The number of nitro groups is 1. The molecule has 0 saturated carbocycles. The van der Waals surface area contributed by atoms with Crippen molar-refractivity contribution >= 4 is 21.8 Å². The summed E-state index contributed by atoms with van der Waals surface area (Å²) in [6.45, 7) is 1.69. The normalized spacial score (nSPS) is 12.2. The van der Waals surface area contributed by atoms with E-state index in [2.05, 4.69) is 0 Å². The molecule has 0 spiro atoms. The van der Waals surface area contributed by atoms with Crippen molar-refractivity contribution in [3.05, 3.63) is 64.2 Å². The van der Waals surface area contributed by atoms with E-state index in [9.17, 15) is 23.3 Å². The van der Waals surface area contributed by atoms with Crippen LogP contribution in [0.2, 0.25) is 0 Å². The zero-order valence-corrected chi connectivity index (χ0v) is 17.5. The molecular weight excluding hydrogens is 414 g/mol. The van der Waals surface area contributed by atoms with Gasteiger partial charge in [0.05, 0.1) is 23.5 Å². The molecule has 10 heteroatoms. The fourth-order valence-electron chi connectivity index (χ4n) is 2.67. The van der Waals surface area contributed by atoms with Crippen LogP contribution in [0.25, 0.3) is 0 Å². The first kappa shape index (κ1) is 23.3. The average molecular weight is 437 g/mol. The lowest BCUT2D eigenvalue weighted by Gasteiger charge is -2.16. The van der Waals surface area contributed by atoms with Gasteiger partial charge in [-0.25, -0.2) is 4.79 Å². The molecule has 0 unspecified atom stereocenters. The van der Waals surface area contributed by atoms with Gasteiger partial charge in [-0.05, 0) is 56.0 Å². The molecule has 1 atom stereocenters. The number of aryl methyl sites for hydroxylation is 1. The third-order valence-electron chi connectivity index (χ3n) is 4.22. The second-order valence-corrected chi connectivity index (χ2v) is 7.85. The molecular formula is C20H23NO8S. The van der Waals surface area contributed by atoms with E-state index in [0.29, 0.717) is 12.8 Å². The topological polar surface area (TPSA) is 122 Å². The predicted molar refractivity (Wildman–Crippen MR) is 108 cm³/mol. The van der Waals surface area contributed by atoms with Crippen LogP contribution in [0.15, 0.2) is 53.4 Å². The minimum Gasteiger partial charge on any atom is -0.497 e. The third-order valence-corrected chi connectivity index (χ3v) is 5.55. The SMILES string of the molecule is CCOC(=O)[C@@H](CCCc1ccc(OC)cc1)OS(=O)(=O)c1ccc([N+](=O)[O-])cc1. The highest BCUT2D eigenvalue weighted by Crippen LogP contribution is 2.21. The Morgan fingerprint density at radius 3 is 2.27 bits per heavy atom. The second-order valence-electron chi connectivity index (χ2n) is 6.28. The number of rotatable bonds is 11. The van der Waals surface area contributed by atoms with Gasteiger partial charge < -0.3 is 9.47 Å². The fraction of sp³-hybridized carbons (Fsp3) is 0.350. The van der Waals surface area contributed by atoms with Crippen LogP contribution in [0.1, 0.15) is 25.3 Å². The highest BCUT2D eigenvalue weighted by molar-refractivity contribution is 7.86.